The summed E-state index contributed by atoms with van der Waals surface area (Å²) in [5, 5.41) is 6.75. The number of halogens is 1. The molecule has 24 heavy (non-hydrogen) atoms. The third-order valence-corrected chi connectivity index (χ3v) is 3.79. The summed E-state index contributed by atoms with van der Waals surface area (Å²) >= 11 is 0. The standard InChI is InChI=1S/C17H17FN4O2/c1-11(22-8-7-19-12(22)2)17(23)20-10-15-9-16(21-24-15)13-3-5-14(18)6-4-13/h3-9,11H,10H2,1-2H3,(H,20,23). The number of amides is 1. The fraction of sp³-hybridized carbons (Fsp3) is 0.235. The van der Waals surface area contributed by atoms with Gasteiger partial charge in [0.1, 0.15) is 23.4 Å². The number of nitrogens with zero attached hydrogens (tertiary/aromatic N) is 3. The number of aryl methyl sites for hydroxylation is 1. The lowest BCUT2D eigenvalue weighted by molar-refractivity contribution is -0.124. The van der Waals surface area contributed by atoms with Crippen LogP contribution in [-0.4, -0.2) is 20.6 Å². The van der Waals surface area contributed by atoms with Crippen LogP contribution in [0.5, 0.6) is 0 Å². The van der Waals surface area contributed by atoms with Crippen LogP contribution in [0.4, 0.5) is 4.39 Å². The van der Waals surface area contributed by atoms with Crippen LogP contribution >= 0.6 is 0 Å². The molecule has 1 atom stereocenters. The highest BCUT2D eigenvalue weighted by molar-refractivity contribution is 5.79. The van der Waals surface area contributed by atoms with Gasteiger partial charge < -0.3 is 14.4 Å². The maximum Gasteiger partial charge on any atom is 0.243 e. The summed E-state index contributed by atoms with van der Waals surface area (Å²) in [6.45, 7) is 3.87. The first kappa shape index (κ1) is 15.9. The Balaban J connectivity index is 1.62. The van der Waals surface area contributed by atoms with Crippen molar-refractivity contribution in [1.82, 2.24) is 20.0 Å². The average molecular weight is 328 g/mol. The van der Waals surface area contributed by atoms with E-state index in [0.29, 0.717) is 11.5 Å². The molecule has 0 fully saturated rings. The number of aromatic nitrogens is 3. The minimum atomic E-state index is -0.369. The van der Waals surface area contributed by atoms with Crippen LogP contribution in [0, 0.1) is 12.7 Å². The number of imidazole rings is 1. The van der Waals surface area contributed by atoms with Gasteiger partial charge in [0.2, 0.25) is 5.91 Å². The highest BCUT2D eigenvalue weighted by atomic mass is 19.1. The van der Waals surface area contributed by atoms with E-state index < -0.39 is 0 Å². The summed E-state index contributed by atoms with van der Waals surface area (Å²) in [7, 11) is 0. The number of rotatable bonds is 5. The lowest BCUT2D eigenvalue weighted by atomic mass is 10.1. The molecule has 0 radical (unpaired) electrons. The SMILES string of the molecule is Cc1nccn1C(C)C(=O)NCc1cc(-c2ccc(F)cc2)no1. The van der Waals surface area contributed by atoms with Crippen LogP contribution in [0.15, 0.2) is 47.2 Å². The smallest absolute Gasteiger partial charge is 0.243 e. The van der Waals surface area contributed by atoms with E-state index in [0.717, 1.165) is 11.4 Å². The topological polar surface area (TPSA) is 73.0 Å². The normalized spacial score (nSPS) is 12.1. The van der Waals surface area contributed by atoms with Crippen molar-refractivity contribution in [2.45, 2.75) is 26.4 Å². The molecule has 0 aliphatic rings. The Labute approximate surface area is 138 Å². The first-order valence-corrected chi connectivity index (χ1v) is 7.53. The highest BCUT2D eigenvalue weighted by Crippen LogP contribution is 2.19. The van der Waals surface area contributed by atoms with Crippen LogP contribution in [0.25, 0.3) is 11.3 Å². The number of benzene rings is 1. The van der Waals surface area contributed by atoms with Gasteiger partial charge >= 0.3 is 0 Å². The monoisotopic (exact) mass is 328 g/mol. The molecule has 3 rings (SSSR count). The van der Waals surface area contributed by atoms with E-state index in [9.17, 15) is 9.18 Å². The number of hydrogen-bond acceptors (Lipinski definition) is 4. The van der Waals surface area contributed by atoms with Crippen molar-refractivity contribution in [3.8, 4) is 11.3 Å². The Morgan fingerprint density at radius 2 is 2.12 bits per heavy atom. The predicted molar refractivity (Wildman–Crippen MR) is 85.4 cm³/mol. The number of carbonyl (C=O) groups is 1. The van der Waals surface area contributed by atoms with Gasteiger partial charge in [-0.3, -0.25) is 4.79 Å². The quantitative estimate of drug-likeness (QED) is 0.781. The van der Waals surface area contributed by atoms with Gasteiger partial charge in [-0.1, -0.05) is 5.16 Å². The van der Waals surface area contributed by atoms with Gasteiger partial charge in [-0.2, -0.15) is 0 Å². The molecule has 1 amide bonds. The molecule has 0 saturated heterocycles. The van der Waals surface area contributed by atoms with Crippen molar-refractivity contribution in [3.63, 3.8) is 0 Å². The number of hydrogen-bond donors (Lipinski definition) is 1. The minimum Gasteiger partial charge on any atom is -0.359 e. The van der Waals surface area contributed by atoms with E-state index in [2.05, 4.69) is 15.5 Å². The molecular formula is C17H17FN4O2. The van der Waals surface area contributed by atoms with Crippen molar-refractivity contribution < 1.29 is 13.7 Å². The molecule has 1 aromatic carbocycles. The summed E-state index contributed by atoms with van der Waals surface area (Å²) in [4.78, 5) is 16.3. The Kier molecular flexibility index (Phi) is 4.41. The molecule has 0 aliphatic heterocycles. The lowest BCUT2D eigenvalue weighted by Gasteiger charge is -2.14. The molecule has 3 aromatic rings. The molecule has 2 aromatic heterocycles. The summed E-state index contributed by atoms with van der Waals surface area (Å²) < 4.78 is 19.9. The molecule has 7 heteroatoms. The van der Waals surface area contributed by atoms with Crippen molar-refractivity contribution in [3.05, 3.63) is 60.1 Å². The zero-order valence-corrected chi connectivity index (χ0v) is 13.4. The van der Waals surface area contributed by atoms with Gasteiger partial charge in [0, 0.05) is 24.0 Å². The fourth-order valence-electron chi connectivity index (χ4n) is 2.40. The van der Waals surface area contributed by atoms with E-state index in [4.69, 9.17) is 4.52 Å². The highest BCUT2D eigenvalue weighted by Gasteiger charge is 2.16. The van der Waals surface area contributed by atoms with Crippen LogP contribution in [0.3, 0.4) is 0 Å². The average Bonchev–Trinajstić information content (AvgIpc) is 3.21. The minimum absolute atomic E-state index is 0.143. The molecule has 0 saturated carbocycles. The molecule has 2 heterocycles. The van der Waals surface area contributed by atoms with Crippen molar-refractivity contribution >= 4 is 5.91 Å². The van der Waals surface area contributed by atoms with Crippen LogP contribution in [0.1, 0.15) is 24.6 Å². The molecule has 0 aliphatic carbocycles. The van der Waals surface area contributed by atoms with Crippen molar-refractivity contribution in [1.29, 1.82) is 0 Å². The van der Waals surface area contributed by atoms with Crippen LogP contribution in [-0.2, 0) is 11.3 Å². The third kappa shape index (κ3) is 3.34. The molecule has 1 N–H and O–H groups in total. The first-order chi connectivity index (χ1) is 11.5. The van der Waals surface area contributed by atoms with Gasteiger partial charge in [0.25, 0.3) is 0 Å². The van der Waals surface area contributed by atoms with Crippen LogP contribution in [0.2, 0.25) is 0 Å². The van der Waals surface area contributed by atoms with Gasteiger partial charge in [-0.05, 0) is 38.1 Å². The Morgan fingerprint density at radius 3 is 2.79 bits per heavy atom. The van der Waals surface area contributed by atoms with Gasteiger partial charge in [0.05, 0.1) is 6.54 Å². The maximum absolute atomic E-state index is 12.9. The molecule has 124 valence electrons. The van der Waals surface area contributed by atoms with Gasteiger partial charge in [0.15, 0.2) is 5.76 Å². The van der Waals surface area contributed by atoms with E-state index in [-0.39, 0.29) is 24.3 Å². The first-order valence-electron chi connectivity index (χ1n) is 7.53. The fourth-order valence-corrected chi connectivity index (χ4v) is 2.40. The summed E-state index contributed by atoms with van der Waals surface area (Å²) in [6, 6.07) is 7.33. The summed E-state index contributed by atoms with van der Waals surface area (Å²) in [6.07, 6.45) is 3.42. The van der Waals surface area contributed by atoms with E-state index in [1.54, 1.807) is 42.1 Å². The number of nitrogens with one attached hydrogen (secondary N) is 1. The molecule has 1 unspecified atom stereocenters. The predicted octanol–water partition coefficient (Wildman–Crippen LogP) is 2.86. The molecule has 0 bridgehead atoms. The molecular weight excluding hydrogens is 311 g/mol. The largest absolute Gasteiger partial charge is 0.359 e. The van der Waals surface area contributed by atoms with Crippen molar-refractivity contribution in [2.75, 3.05) is 0 Å². The van der Waals surface area contributed by atoms with Gasteiger partial charge in [-0.15, -0.1) is 0 Å². The Morgan fingerprint density at radius 1 is 1.38 bits per heavy atom. The van der Waals surface area contributed by atoms with E-state index in [1.165, 1.54) is 12.1 Å². The zero-order valence-electron chi connectivity index (χ0n) is 13.4. The second-order valence-electron chi connectivity index (χ2n) is 5.46. The second-order valence-corrected chi connectivity index (χ2v) is 5.46. The van der Waals surface area contributed by atoms with Gasteiger partial charge in [-0.25, -0.2) is 9.37 Å². The Bertz CT molecular complexity index is 838. The third-order valence-electron chi connectivity index (χ3n) is 3.79. The van der Waals surface area contributed by atoms with E-state index >= 15 is 0 Å². The van der Waals surface area contributed by atoms with E-state index in [1.807, 2.05) is 6.92 Å². The summed E-state index contributed by atoms with van der Waals surface area (Å²) in [5.74, 6) is 0.850. The Hall–Kier alpha value is -2.96. The second kappa shape index (κ2) is 6.66. The van der Waals surface area contributed by atoms with Crippen molar-refractivity contribution in [2.24, 2.45) is 0 Å². The molecule has 0 spiro atoms. The van der Waals surface area contributed by atoms with Crippen LogP contribution < -0.4 is 5.32 Å². The lowest BCUT2D eigenvalue weighted by Crippen LogP contribution is -2.30. The summed E-state index contributed by atoms with van der Waals surface area (Å²) in [5.41, 5.74) is 1.35. The maximum atomic E-state index is 12.9. The number of carbonyl (C=O) groups excluding carboxylic acids is 1. The molecule has 6 nitrogen and oxygen atoms in total. The zero-order chi connectivity index (χ0) is 17.1.